The van der Waals surface area contributed by atoms with Crippen molar-refractivity contribution < 1.29 is 19.3 Å². The smallest absolute Gasteiger partial charge is 0.325 e. The van der Waals surface area contributed by atoms with E-state index in [0.717, 1.165) is 27.5 Å². The number of urea groups is 1. The molecule has 4 rings (SSSR count). The zero-order valence-corrected chi connectivity index (χ0v) is 19.4. The highest BCUT2D eigenvalue weighted by atomic mass is 16.6. The number of amides is 4. The van der Waals surface area contributed by atoms with Crippen LogP contribution in [0.5, 0.6) is 0 Å². The van der Waals surface area contributed by atoms with Gasteiger partial charge in [0.05, 0.1) is 4.92 Å². The number of nitro groups is 1. The molecule has 0 radical (unpaired) electrons. The van der Waals surface area contributed by atoms with Crippen molar-refractivity contribution >= 4 is 35.3 Å². The van der Waals surface area contributed by atoms with E-state index in [4.69, 9.17) is 0 Å². The van der Waals surface area contributed by atoms with Gasteiger partial charge in [-0.2, -0.15) is 0 Å². The van der Waals surface area contributed by atoms with Crippen molar-refractivity contribution in [1.29, 1.82) is 0 Å². The molecule has 0 saturated carbocycles. The average molecular weight is 473 g/mol. The number of nitrogens with one attached hydrogen (secondary N) is 2. The lowest BCUT2D eigenvalue weighted by Crippen LogP contribution is -2.38. The summed E-state index contributed by atoms with van der Waals surface area (Å²) in [6.45, 7) is 5.22. The van der Waals surface area contributed by atoms with Crippen LogP contribution in [-0.2, 0) is 9.59 Å². The number of hydrogen-bond donors (Lipinski definition) is 2. The first-order chi connectivity index (χ1) is 16.6. The van der Waals surface area contributed by atoms with E-state index < -0.39 is 29.3 Å². The summed E-state index contributed by atoms with van der Waals surface area (Å²) in [6, 6.07) is 14.5. The molecular formula is C25H23N5O5. The second-order valence-corrected chi connectivity index (χ2v) is 8.23. The van der Waals surface area contributed by atoms with E-state index in [9.17, 15) is 24.5 Å². The Morgan fingerprint density at radius 3 is 2.34 bits per heavy atom. The Bertz CT molecular complexity index is 1370. The largest absolute Gasteiger partial charge is 0.329 e. The lowest BCUT2D eigenvalue weighted by molar-refractivity contribution is -0.384. The van der Waals surface area contributed by atoms with Crippen molar-refractivity contribution in [2.24, 2.45) is 0 Å². The van der Waals surface area contributed by atoms with Gasteiger partial charge in [-0.25, -0.2) is 9.69 Å². The van der Waals surface area contributed by atoms with Gasteiger partial charge < -0.3 is 15.2 Å². The van der Waals surface area contributed by atoms with Gasteiger partial charge in [0.25, 0.3) is 11.6 Å². The molecule has 1 aliphatic rings. The van der Waals surface area contributed by atoms with Crippen molar-refractivity contribution in [1.82, 2.24) is 14.8 Å². The third-order valence-electron chi connectivity index (χ3n) is 5.69. The molecule has 1 saturated heterocycles. The Morgan fingerprint density at radius 1 is 1.06 bits per heavy atom. The lowest BCUT2D eigenvalue weighted by atomic mass is 10.2. The molecule has 10 nitrogen and oxygen atoms in total. The van der Waals surface area contributed by atoms with Gasteiger partial charge >= 0.3 is 6.03 Å². The van der Waals surface area contributed by atoms with Crippen molar-refractivity contribution in [2.45, 2.75) is 20.8 Å². The molecule has 0 atom stereocenters. The van der Waals surface area contributed by atoms with Crippen molar-refractivity contribution in [3.05, 3.63) is 92.9 Å². The summed E-state index contributed by atoms with van der Waals surface area (Å²) in [5.74, 6) is -1.09. The summed E-state index contributed by atoms with van der Waals surface area (Å²) in [5.41, 5.74) is 4.70. The molecule has 3 aromatic rings. The van der Waals surface area contributed by atoms with Gasteiger partial charge in [0.1, 0.15) is 12.2 Å². The first kappa shape index (κ1) is 23.4. The zero-order valence-electron chi connectivity index (χ0n) is 19.4. The molecule has 1 aliphatic heterocycles. The second-order valence-electron chi connectivity index (χ2n) is 8.23. The zero-order chi connectivity index (χ0) is 25.3. The number of hydrogen-bond acceptors (Lipinski definition) is 5. The fraction of sp³-hybridized carbons (Fsp3) is 0.160. The molecule has 0 bridgehead atoms. The first-order valence-electron chi connectivity index (χ1n) is 10.8. The normalized spacial score (nSPS) is 14.4. The number of rotatable bonds is 6. The Morgan fingerprint density at radius 2 is 1.71 bits per heavy atom. The van der Waals surface area contributed by atoms with Crippen LogP contribution in [0.3, 0.4) is 0 Å². The van der Waals surface area contributed by atoms with Crippen LogP contribution in [0.15, 0.2) is 60.3 Å². The van der Waals surface area contributed by atoms with Crippen LogP contribution in [0, 0.1) is 30.9 Å². The van der Waals surface area contributed by atoms with Gasteiger partial charge in [0.15, 0.2) is 0 Å². The number of benzene rings is 2. The van der Waals surface area contributed by atoms with Gasteiger partial charge in [-0.1, -0.05) is 17.7 Å². The maximum atomic E-state index is 12.9. The number of carbonyl (C=O) groups is 3. The summed E-state index contributed by atoms with van der Waals surface area (Å²) in [6.07, 6.45) is 1.56. The number of aryl methyl sites for hydroxylation is 2. The number of aromatic nitrogens is 1. The van der Waals surface area contributed by atoms with E-state index >= 15 is 0 Å². The van der Waals surface area contributed by atoms with Crippen LogP contribution in [0.2, 0.25) is 0 Å². The van der Waals surface area contributed by atoms with Crippen molar-refractivity contribution in [3.8, 4) is 5.69 Å². The maximum absolute atomic E-state index is 12.9. The molecule has 10 heteroatoms. The topological polar surface area (TPSA) is 127 Å². The first-order valence-corrected chi connectivity index (χ1v) is 10.8. The van der Waals surface area contributed by atoms with Crippen LogP contribution in [-0.4, -0.2) is 38.8 Å². The summed E-state index contributed by atoms with van der Waals surface area (Å²) in [4.78, 5) is 49.0. The standard InChI is InChI=1S/C25H23N5O5/c1-15-4-6-19(7-5-15)26-23(31)14-28-24(32)22(27-25(28)33)13-18-12-16(2)29(17(18)3)20-8-10-21(11-9-20)30(34)35/h4-13H,14H2,1-3H3,(H,26,31)(H,27,33)/b22-13-. The molecule has 0 spiro atoms. The predicted molar refractivity (Wildman–Crippen MR) is 130 cm³/mol. The van der Waals surface area contributed by atoms with Gasteiger partial charge in [0, 0.05) is 34.9 Å². The quantitative estimate of drug-likeness (QED) is 0.243. The Labute approximate surface area is 201 Å². The number of nitrogens with zero attached hydrogens (tertiary/aromatic N) is 3. The average Bonchev–Trinajstić information content (AvgIpc) is 3.24. The van der Waals surface area contributed by atoms with Gasteiger partial charge in [-0.3, -0.25) is 19.7 Å². The van der Waals surface area contributed by atoms with Crippen LogP contribution < -0.4 is 10.6 Å². The number of imide groups is 1. The monoisotopic (exact) mass is 473 g/mol. The van der Waals surface area contributed by atoms with Crippen molar-refractivity contribution in [3.63, 3.8) is 0 Å². The molecule has 178 valence electrons. The highest BCUT2D eigenvalue weighted by Crippen LogP contribution is 2.25. The summed E-state index contributed by atoms with van der Waals surface area (Å²) in [5, 5.41) is 16.1. The molecule has 1 aromatic heterocycles. The van der Waals surface area contributed by atoms with Crippen LogP contribution in [0.4, 0.5) is 16.2 Å². The van der Waals surface area contributed by atoms with E-state index in [1.165, 1.54) is 12.1 Å². The fourth-order valence-corrected chi connectivity index (χ4v) is 3.91. The van der Waals surface area contributed by atoms with Gasteiger partial charge in [0.2, 0.25) is 5.91 Å². The third kappa shape index (κ3) is 4.81. The van der Waals surface area contributed by atoms with E-state index in [-0.39, 0.29) is 11.4 Å². The number of nitro benzene ring substituents is 1. The Balaban J connectivity index is 1.52. The Kier molecular flexibility index (Phi) is 6.20. The highest BCUT2D eigenvalue weighted by molar-refractivity contribution is 6.16. The summed E-state index contributed by atoms with van der Waals surface area (Å²) < 4.78 is 1.89. The summed E-state index contributed by atoms with van der Waals surface area (Å²) in [7, 11) is 0. The van der Waals surface area contributed by atoms with Gasteiger partial charge in [-0.15, -0.1) is 0 Å². The Hall–Kier alpha value is -4.73. The van der Waals surface area contributed by atoms with E-state index in [2.05, 4.69) is 10.6 Å². The molecule has 0 aliphatic carbocycles. The van der Waals surface area contributed by atoms with E-state index in [0.29, 0.717) is 11.3 Å². The molecule has 2 heterocycles. The molecule has 2 N–H and O–H groups in total. The molecular weight excluding hydrogens is 450 g/mol. The van der Waals surface area contributed by atoms with Crippen LogP contribution in [0.1, 0.15) is 22.5 Å². The second kappa shape index (κ2) is 9.26. The predicted octanol–water partition coefficient (Wildman–Crippen LogP) is 3.84. The van der Waals surface area contributed by atoms with Crippen molar-refractivity contribution in [2.75, 3.05) is 11.9 Å². The van der Waals surface area contributed by atoms with E-state index in [1.54, 1.807) is 30.3 Å². The molecule has 0 unspecified atom stereocenters. The van der Waals surface area contributed by atoms with Gasteiger partial charge in [-0.05, 0) is 62.7 Å². The highest BCUT2D eigenvalue weighted by Gasteiger charge is 2.35. The summed E-state index contributed by atoms with van der Waals surface area (Å²) >= 11 is 0. The fourth-order valence-electron chi connectivity index (χ4n) is 3.91. The third-order valence-corrected chi connectivity index (χ3v) is 5.69. The number of non-ortho nitro benzene ring substituents is 1. The molecule has 4 amide bonds. The number of anilines is 1. The maximum Gasteiger partial charge on any atom is 0.329 e. The minimum absolute atomic E-state index is 0.00988. The lowest BCUT2D eigenvalue weighted by Gasteiger charge is -2.12. The molecule has 2 aromatic carbocycles. The van der Waals surface area contributed by atoms with Crippen LogP contribution >= 0.6 is 0 Å². The molecule has 1 fully saturated rings. The number of carbonyl (C=O) groups excluding carboxylic acids is 3. The minimum Gasteiger partial charge on any atom is -0.325 e. The van der Waals surface area contributed by atoms with Crippen LogP contribution in [0.25, 0.3) is 11.8 Å². The minimum atomic E-state index is -0.676. The van der Waals surface area contributed by atoms with E-state index in [1.807, 2.05) is 43.5 Å². The molecule has 35 heavy (non-hydrogen) atoms. The SMILES string of the molecule is Cc1ccc(NC(=O)CN2C(=O)N/C(=C\c3cc(C)n(-c4ccc([N+](=O)[O-])cc4)c3C)C2=O)cc1.